The second-order valence-corrected chi connectivity index (χ2v) is 8.14. The molecule has 0 bridgehead atoms. The summed E-state index contributed by atoms with van der Waals surface area (Å²) < 4.78 is 24.2. The summed E-state index contributed by atoms with van der Waals surface area (Å²) in [4.78, 5) is 1.00. The van der Waals surface area contributed by atoms with Crippen molar-refractivity contribution >= 4 is 32.8 Å². The molecule has 0 aliphatic carbocycles. The lowest BCUT2D eigenvalue weighted by Crippen LogP contribution is -2.30. The highest BCUT2D eigenvalue weighted by Gasteiger charge is 2.27. The molecule has 6 heteroatoms. The van der Waals surface area contributed by atoms with Gasteiger partial charge < -0.3 is 5.32 Å². The number of hydrogen-bond acceptors (Lipinski definition) is 4. The minimum Gasteiger partial charge on any atom is -0.306 e. The van der Waals surface area contributed by atoms with Crippen LogP contribution >= 0.6 is 22.9 Å². The molecule has 2 rings (SSSR count). The summed E-state index contributed by atoms with van der Waals surface area (Å²) in [6, 6.07) is 3.83. The lowest BCUT2D eigenvalue weighted by atomic mass is 10.2. The average molecular weight is 280 g/mol. The van der Waals surface area contributed by atoms with Crippen LogP contribution in [0, 0.1) is 0 Å². The predicted molar refractivity (Wildman–Crippen MR) is 67.9 cm³/mol. The Morgan fingerprint density at radius 1 is 1.50 bits per heavy atom. The highest BCUT2D eigenvalue weighted by molar-refractivity contribution is 7.91. The van der Waals surface area contributed by atoms with E-state index in [1.807, 2.05) is 19.1 Å². The van der Waals surface area contributed by atoms with Gasteiger partial charge in [-0.1, -0.05) is 11.6 Å². The van der Waals surface area contributed by atoms with E-state index in [1.165, 1.54) is 11.3 Å². The SMILES string of the molecule is CC1CCS(=O)(=O)CC(c2ccc(Cl)s2)N1. The fourth-order valence-electron chi connectivity index (χ4n) is 1.85. The van der Waals surface area contributed by atoms with Gasteiger partial charge in [-0.2, -0.15) is 0 Å². The third-order valence-electron chi connectivity index (χ3n) is 2.71. The molecule has 1 saturated heterocycles. The highest BCUT2D eigenvalue weighted by Crippen LogP contribution is 2.29. The van der Waals surface area contributed by atoms with E-state index in [0.29, 0.717) is 10.8 Å². The largest absolute Gasteiger partial charge is 0.306 e. The summed E-state index contributed by atoms with van der Waals surface area (Å²) in [7, 11) is -2.94. The Labute approximate surface area is 105 Å². The number of nitrogens with one attached hydrogen (secondary N) is 1. The summed E-state index contributed by atoms with van der Waals surface area (Å²) in [5.74, 6) is 0.449. The molecule has 2 unspecified atom stereocenters. The first kappa shape index (κ1) is 12.4. The predicted octanol–water partition coefficient (Wildman–Crippen LogP) is 2.24. The van der Waals surface area contributed by atoms with E-state index in [9.17, 15) is 8.42 Å². The van der Waals surface area contributed by atoms with Crippen molar-refractivity contribution in [2.75, 3.05) is 11.5 Å². The maximum absolute atomic E-state index is 11.7. The van der Waals surface area contributed by atoms with Crippen LogP contribution in [-0.2, 0) is 9.84 Å². The van der Waals surface area contributed by atoms with Gasteiger partial charge in [-0.25, -0.2) is 8.42 Å². The molecule has 0 aromatic carbocycles. The van der Waals surface area contributed by atoms with Crippen LogP contribution in [-0.4, -0.2) is 26.0 Å². The van der Waals surface area contributed by atoms with Crippen LogP contribution in [0.15, 0.2) is 12.1 Å². The maximum Gasteiger partial charge on any atom is 0.152 e. The molecule has 1 aromatic rings. The zero-order chi connectivity index (χ0) is 11.8. The molecular formula is C10H14ClNO2S2. The van der Waals surface area contributed by atoms with Gasteiger partial charge in [-0.15, -0.1) is 11.3 Å². The molecular weight excluding hydrogens is 266 g/mol. The third kappa shape index (κ3) is 2.97. The topological polar surface area (TPSA) is 46.2 Å². The lowest BCUT2D eigenvalue weighted by Gasteiger charge is -2.17. The van der Waals surface area contributed by atoms with Gasteiger partial charge in [-0.3, -0.25) is 0 Å². The van der Waals surface area contributed by atoms with Crippen molar-refractivity contribution in [3.8, 4) is 0 Å². The molecule has 0 radical (unpaired) electrons. The summed E-state index contributed by atoms with van der Waals surface area (Å²) in [6.45, 7) is 2.02. The monoisotopic (exact) mass is 279 g/mol. The van der Waals surface area contributed by atoms with Gasteiger partial charge in [0.15, 0.2) is 9.84 Å². The van der Waals surface area contributed by atoms with Crippen LogP contribution in [0.5, 0.6) is 0 Å². The van der Waals surface area contributed by atoms with E-state index in [2.05, 4.69) is 5.32 Å². The third-order valence-corrected chi connectivity index (χ3v) is 5.75. The van der Waals surface area contributed by atoms with Gasteiger partial charge in [-0.05, 0) is 25.5 Å². The van der Waals surface area contributed by atoms with Crippen molar-refractivity contribution in [3.63, 3.8) is 0 Å². The van der Waals surface area contributed by atoms with E-state index in [1.54, 1.807) is 0 Å². The van der Waals surface area contributed by atoms with Gasteiger partial charge in [0.1, 0.15) is 0 Å². The quantitative estimate of drug-likeness (QED) is 0.858. The fourth-order valence-corrected chi connectivity index (χ4v) is 4.74. The summed E-state index contributed by atoms with van der Waals surface area (Å²) in [5, 5.41) is 3.34. The van der Waals surface area contributed by atoms with Crippen LogP contribution in [0.25, 0.3) is 0 Å². The molecule has 1 aliphatic heterocycles. The molecule has 90 valence electrons. The molecule has 1 aliphatic rings. The summed E-state index contributed by atoms with van der Waals surface area (Å²) >= 11 is 7.31. The van der Waals surface area contributed by atoms with Gasteiger partial charge in [0.2, 0.25) is 0 Å². The molecule has 1 fully saturated rings. The van der Waals surface area contributed by atoms with Crippen LogP contribution in [0.2, 0.25) is 4.34 Å². The maximum atomic E-state index is 11.7. The Bertz CT molecular complexity index is 469. The van der Waals surface area contributed by atoms with E-state index >= 15 is 0 Å². The van der Waals surface area contributed by atoms with Gasteiger partial charge in [0.05, 0.1) is 21.9 Å². The van der Waals surface area contributed by atoms with Crippen molar-refractivity contribution < 1.29 is 8.42 Å². The summed E-state index contributed by atoms with van der Waals surface area (Å²) in [6.07, 6.45) is 0.679. The van der Waals surface area contributed by atoms with Gasteiger partial charge in [0.25, 0.3) is 0 Å². The standard InChI is InChI=1S/C10H14ClNO2S2/c1-7-4-5-16(13,14)6-8(12-7)9-2-3-10(11)15-9/h2-3,7-8,12H,4-6H2,1H3. The van der Waals surface area contributed by atoms with Crippen molar-refractivity contribution in [1.29, 1.82) is 0 Å². The van der Waals surface area contributed by atoms with Crippen molar-refractivity contribution in [2.24, 2.45) is 0 Å². The number of halogens is 1. The zero-order valence-electron chi connectivity index (χ0n) is 8.94. The second-order valence-electron chi connectivity index (χ2n) is 4.17. The molecule has 16 heavy (non-hydrogen) atoms. The first-order chi connectivity index (χ1) is 7.46. The molecule has 0 amide bonds. The fraction of sp³-hybridized carbons (Fsp3) is 0.600. The smallest absolute Gasteiger partial charge is 0.152 e. The second kappa shape index (κ2) is 4.64. The molecule has 0 spiro atoms. The summed E-state index contributed by atoms with van der Waals surface area (Å²) in [5.41, 5.74) is 0. The average Bonchev–Trinajstić information content (AvgIpc) is 2.55. The molecule has 1 N–H and O–H groups in total. The van der Waals surface area contributed by atoms with E-state index in [-0.39, 0.29) is 23.6 Å². The Hall–Kier alpha value is -0.100. The first-order valence-electron chi connectivity index (χ1n) is 5.18. The minimum atomic E-state index is -2.94. The minimum absolute atomic E-state index is 0.111. The Kier molecular flexibility index (Phi) is 3.59. The Balaban J connectivity index is 2.25. The number of thiophene rings is 1. The first-order valence-corrected chi connectivity index (χ1v) is 8.19. The molecule has 1 aromatic heterocycles. The van der Waals surface area contributed by atoms with Crippen LogP contribution in [0.1, 0.15) is 24.3 Å². The van der Waals surface area contributed by atoms with Gasteiger partial charge >= 0.3 is 0 Å². The lowest BCUT2D eigenvalue weighted by molar-refractivity contribution is 0.489. The van der Waals surface area contributed by atoms with E-state index in [4.69, 9.17) is 11.6 Å². The van der Waals surface area contributed by atoms with Crippen molar-refractivity contribution in [2.45, 2.75) is 25.4 Å². The normalized spacial score (nSPS) is 29.9. The zero-order valence-corrected chi connectivity index (χ0v) is 11.3. The number of rotatable bonds is 1. The van der Waals surface area contributed by atoms with Gasteiger partial charge in [0, 0.05) is 10.9 Å². The molecule has 0 saturated carbocycles. The Morgan fingerprint density at radius 3 is 2.88 bits per heavy atom. The van der Waals surface area contributed by atoms with Crippen LogP contribution in [0.3, 0.4) is 0 Å². The number of sulfone groups is 1. The molecule has 2 heterocycles. The van der Waals surface area contributed by atoms with E-state index in [0.717, 1.165) is 4.88 Å². The van der Waals surface area contributed by atoms with Crippen LogP contribution in [0.4, 0.5) is 0 Å². The van der Waals surface area contributed by atoms with E-state index < -0.39 is 9.84 Å². The highest BCUT2D eigenvalue weighted by atomic mass is 35.5. The van der Waals surface area contributed by atoms with Crippen molar-refractivity contribution in [3.05, 3.63) is 21.3 Å². The number of hydrogen-bond donors (Lipinski definition) is 1. The molecule has 3 nitrogen and oxygen atoms in total. The van der Waals surface area contributed by atoms with Crippen molar-refractivity contribution in [1.82, 2.24) is 5.32 Å². The molecule has 2 atom stereocenters. The van der Waals surface area contributed by atoms with Crippen LogP contribution < -0.4 is 5.32 Å². The Morgan fingerprint density at radius 2 is 2.25 bits per heavy atom.